The van der Waals surface area contributed by atoms with Gasteiger partial charge in [-0.25, -0.2) is 4.57 Å². The van der Waals surface area contributed by atoms with Crippen molar-refractivity contribution in [2.75, 3.05) is 0 Å². The molecule has 1 aromatic carbocycles. The summed E-state index contributed by atoms with van der Waals surface area (Å²) in [5.74, 6) is 0. The van der Waals surface area contributed by atoms with Crippen molar-refractivity contribution in [2.24, 2.45) is 0 Å². The SMILES string of the molecule is CCCCCCCCCCCCCCCC(OP(=O)(O)O)c1ccccc1.[KH]. The molecule has 158 valence electrons. The Labute approximate surface area is 214 Å². The maximum atomic E-state index is 11.2. The molecule has 0 amide bonds. The van der Waals surface area contributed by atoms with E-state index in [9.17, 15) is 4.57 Å². The van der Waals surface area contributed by atoms with Crippen molar-refractivity contribution >= 4 is 59.2 Å². The Balaban J connectivity index is 0.00000729. The van der Waals surface area contributed by atoms with E-state index in [4.69, 9.17) is 14.3 Å². The Kier molecular flexibility index (Phi) is 19.4. The van der Waals surface area contributed by atoms with Crippen LogP contribution in [0.3, 0.4) is 0 Å². The number of benzene rings is 1. The zero-order valence-corrected chi connectivity index (χ0v) is 17.9. The molecule has 6 heteroatoms. The van der Waals surface area contributed by atoms with Gasteiger partial charge in [-0.2, -0.15) is 0 Å². The third-order valence-corrected chi connectivity index (χ3v) is 5.53. The number of phosphoric acid groups is 1. The van der Waals surface area contributed by atoms with Crippen LogP contribution in [0.25, 0.3) is 0 Å². The van der Waals surface area contributed by atoms with Crippen molar-refractivity contribution in [3.63, 3.8) is 0 Å². The minimum atomic E-state index is -4.47. The molecule has 0 aromatic heterocycles. The number of hydrogen-bond acceptors (Lipinski definition) is 2. The van der Waals surface area contributed by atoms with Crippen molar-refractivity contribution in [2.45, 2.75) is 103 Å². The number of phosphoric ester groups is 1. The van der Waals surface area contributed by atoms with Crippen LogP contribution in [0.15, 0.2) is 30.3 Å². The minimum absolute atomic E-state index is 0. The quantitative estimate of drug-likeness (QED) is 0.162. The van der Waals surface area contributed by atoms with Crippen LogP contribution in [-0.2, 0) is 9.09 Å². The molecule has 1 atom stereocenters. The molecule has 0 aliphatic heterocycles. The van der Waals surface area contributed by atoms with E-state index in [2.05, 4.69) is 6.92 Å². The maximum absolute atomic E-state index is 11.2. The molecule has 1 unspecified atom stereocenters. The zero-order chi connectivity index (χ0) is 19.8. The molecule has 0 aliphatic rings. The van der Waals surface area contributed by atoms with E-state index in [1.807, 2.05) is 30.3 Å². The monoisotopic (exact) mass is 438 g/mol. The van der Waals surface area contributed by atoms with Crippen molar-refractivity contribution in [3.8, 4) is 0 Å². The molecule has 0 saturated carbocycles. The van der Waals surface area contributed by atoms with E-state index in [1.165, 1.54) is 70.6 Å². The molecule has 28 heavy (non-hydrogen) atoms. The first-order valence-corrected chi connectivity index (χ1v) is 12.3. The fourth-order valence-electron chi connectivity index (χ4n) is 3.46. The molecular formula is C22H40KO4P. The predicted octanol–water partition coefficient (Wildman–Crippen LogP) is 6.67. The molecular weight excluding hydrogens is 398 g/mol. The predicted molar refractivity (Wildman–Crippen MR) is 120 cm³/mol. The molecule has 0 spiro atoms. The van der Waals surface area contributed by atoms with Crippen LogP contribution in [-0.4, -0.2) is 61.2 Å². The molecule has 0 fully saturated rings. The summed E-state index contributed by atoms with van der Waals surface area (Å²) in [4.78, 5) is 18.3. The summed E-state index contributed by atoms with van der Waals surface area (Å²) in [6.45, 7) is 2.26. The van der Waals surface area contributed by atoms with Crippen molar-refractivity contribution in [3.05, 3.63) is 35.9 Å². The molecule has 1 rings (SSSR count). The Hall–Kier alpha value is 0.966. The molecule has 0 aliphatic carbocycles. The van der Waals surface area contributed by atoms with E-state index < -0.39 is 13.9 Å². The summed E-state index contributed by atoms with van der Waals surface area (Å²) in [5, 5.41) is 0. The van der Waals surface area contributed by atoms with Gasteiger partial charge in [-0.1, -0.05) is 121 Å². The van der Waals surface area contributed by atoms with Crippen LogP contribution in [0, 0.1) is 0 Å². The van der Waals surface area contributed by atoms with Gasteiger partial charge in [0.2, 0.25) is 0 Å². The Morgan fingerprint density at radius 3 is 1.64 bits per heavy atom. The molecule has 0 heterocycles. The van der Waals surface area contributed by atoms with E-state index in [-0.39, 0.29) is 51.4 Å². The molecule has 4 nitrogen and oxygen atoms in total. The van der Waals surface area contributed by atoms with Crippen LogP contribution in [0.4, 0.5) is 0 Å². The van der Waals surface area contributed by atoms with Crippen molar-refractivity contribution < 1.29 is 18.9 Å². The van der Waals surface area contributed by atoms with Gasteiger partial charge in [-0.3, -0.25) is 4.52 Å². The summed E-state index contributed by atoms with van der Waals surface area (Å²) in [6, 6.07) is 9.36. The first kappa shape index (κ1) is 29.0. The van der Waals surface area contributed by atoms with Gasteiger partial charge in [-0.15, -0.1) is 0 Å². The second-order valence-electron chi connectivity index (χ2n) is 7.53. The topological polar surface area (TPSA) is 66.8 Å². The molecule has 0 saturated heterocycles. The second kappa shape index (κ2) is 18.7. The summed E-state index contributed by atoms with van der Waals surface area (Å²) in [5.41, 5.74) is 0.833. The van der Waals surface area contributed by atoms with Gasteiger partial charge in [-0.05, 0) is 12.0 Å². The van der Waals surface area contributed by atoms with E-state index in [1.54, 1.807) is 0 Å². The third-order valence-electron chi connectivity index (χ3n) is 5.01. The van der Waals surface area contributed by atoms with Gasteiger partial charge >= 0.3 is 59.2 Å². The fourth-order valence-corrected chi connectivity index (χ4v) is 4.02. The molecule has 0 bridgehead atoms. The van der Waals surface area contributed by atoms with Crippen LogP contribution >= 0.6 is 7.82 Å². The Morgan fingerprint density at radius 2 is 1.21 bits per heavy atom. The van der Waals surface area contributed by atoms with Crippen LogP contribution in [0.1, 0.15) is 108 Å². The van der Waals surface area contributed by atoms with Gasteiger partial charge in [0.05, 0.1) is 6.10 Å². The fraction of sp³-hybridized carbons (Fsp3) is 0.727. The van der Waals surface area contributed by atoms with Crippen LogP contribution in [0.5, 0.6) is 0 Å². The normalized spacial score (nSPS) is 12.5. The first-order chi connectivity index (χ1) is 13.0. The number of hydrogen-bond donors (Lipinski definition) is 2. The Morgan fingerprint density at radius 1 is 0.786 bits per heavy atom. The Bertz CT molecular complexity index is 507. The van der Waals surface area contributed by atoms with Gasteiger partial charge in [0.1, 0.15) is 0 Å². The number of unbranched alkanes of at least 4 members (excludes halogenated alkanes) is 12. The first-order valence-electron chi connectivity index (χ1n) is 10.8. The standard InChI is InChI=1S/C22H39O4P.K.H/c1-2-3-4-5-6-7-8-9-10-11-12-13-17-20-22(26-27(23,24)25)21-18-15-14-16-19-21;;/h14-16,18-19,22H,2-13,17,20H2,1H3,(H2,23,24,25);;. The summed E-state index contributed by atoms with van der Waals surface area (Å²) in [6.07, 6.45) is 16.8. The summed E-state index contributed by atoms with van der Waals surface area (Å²) >= 11 is 0. The van der Waals surface area contributed by atoms with Gasteiger partial charge < -0.3 is 9.79 Å². The van der Waals surface area contributed by atoms with Gasteiger partial charge in [0, 0.05) is 0 Å². The van der Waals surface area contributed by atoms with Crippen molar-refractivity contribution in [1.82, 2.24) is 0 Å². The molecule has 2 N–H and O–H groups in total. The molecule has 0 radical (unpaired) electrons. The van der Waals surface area contributed by atoms with Gasteiger partial charge in [0.15, 0.2) is 0 Å². The van der Waals surface area contributed by atoms with Crippen LogP contribution < -0.4 is 0 Å². The number of rotatable bonds is 17. The van der Waals surface area contributed by atoms with E-state index in [0.717, 1.165) is 18.4 Å². The zero-order valence-electron chi connectivity index (χ0n) is 17.0. The second-order valence-corrected chi connectivity index (χ2v) is 8.72. The summed E-state index contributed by atoms with van der Waals surface area (Å²) < 4.78 is 16.2. The van der Waals surface area contributed by atoms with E-state index in [0.29, 0.717) is 6.42 Å². The van der Waals surface area contributed by atoms with Crippen LogP contribution in [0.2, 0.25) is 0 Å². The average molecular weight is 439 g/mol. The summed E-state index contributed by atoms with van der Waals surface area (Å²) in [7, 11) is -4.47. The molecule has 1 aromatic rings. The third kappa shape index (κ3) is 16.7. The van der Waals surface area contributed by atoms with E-state index >= 15 is 0 Å². The van der Waals surface area contributed by atoms with Crippen molar-refractivity contribution in [1.29, 1.82) is 0 Å². The average Bonchev–Trinajstić information content (AvgIpc) is 2.64. The van der Waals surface area contributed by atoms with Gasteiger partial charge in [0.25, 0.3) is 0 Å².